The molecule has 0 bridgehead atoms. The zero-order chi connectivity index (χ0) is 10.2. The highest BCUT2D eigenvalue weighted by Crippen LogP contribution is 2.13. The molecule has 0 aliphatic carbocycles. The van der Waals surface area contributed by atoms with Crippen molar-refractivity contribution in [1.82, 2.24) is 5.32 Å². The van der Waals surface area contributed by atoms with Crippen molar-refractivity contribution in [3.05, 3.63) is 0 Å². The summed E-state index contributed by atoms with van der Waals surface area (Å²) in [5.74, 6) is 1.90. The van der Waals surface area contributed by atoms with Crippen molar-refractivity contribution in [2.45, 2.75) is 31.7 Å². The summed E-state index contributed by atoms with van der Waals surface area (Å²) >= 11 is 1.84. The molecule has 1 rings (SSSR count). The Hall–Kier alpha value is -0.220. The number of nitrogens with one attached hydrogen (secondary N) is 1. The van der Waals surface area contributed by atoms with Gasteiger partial charge in [0.15, 0.2) is 0 Å². The Morgan fingerprint density at radius 1 is 1.57 bits per heavy atom. The smallest absolute Gasteiger partial charge is 0.306 e. The molecular formula is C10H19NO2S. The lowest BCUT2D eigenvalue weighted by Gasteiger charge is -2.22. The molecule has 4 heteroatoms. The molecule has 1 fully saturated rings. The molecular weight excluding hydrogens is 198 g/mol. The second-order valence-corrected chi connectivity index (χ2v) is 4.70. The first kappa shape index (κ1) is 11.9. The lowest BCUT2D eigenvalue weighted by Crippen LogP contribution is -2.35. The van der Waals surface area contributed by atoms with Crippen LogP contribution in [0.15, 0.2) is 0 Å². The molecule has 0 aromatic carbocycles. The summed E-state index contributed by atoms with van der Waals surface area (Å²) in [6.45, 7) is 1.15. The van der Waals surface area contributed by atoms with Gasteiger partial charge in [0.1, 0.15) is 0 Å². The van der Waals surface area contributed by atoms with Gasteiger partial charge in [0, 0.05) is 17.5 Å². The molecule has 14 heavy (non-hydrogen) atoms. The number of ether oxygens (including phenoxy) is 1. The third-order valence-electron chi connectivity index (χ3n) is 2.41. The average Bonchev–Trinajstić information content (AvgIpc) is 2.25. The molecule has 0 spiro atoms. The summed E-state index contributed by atoms with van der Waals surface area (Å²) in [7, 11) is 1.44. The zero-order valence-electron chi connectivity index (χ0n) is 8.75. The quantitative estimate of drug-likeness (QED) is 0.558. The average molecular weight is 217 g/mol. The highest BCUT2D eigenvalue weighted by atomic mass is 32.2. The Kier molecular flexibility index (Phi) is 6.03. The van der Waals surface area contributed by atoms with Gasteiger partial charge in [-0.05, 0) is 19.4 Å². The second-order valence-electron chi connectivity index (χ2n) is 3.55. The van der Waals surface area contributed by atoms with Gasteiger partial charge in [-0.3, -0.25) is 4.79 Å². The number of hydrogen-bond acceptors (Lipinski definition) is 4. The first-order valence-corrected chi connectivity index (χ1v) is 6.36. The molecule has 0 amide bonds. The van der Waals surface area contributed by atoms with Gasteiger partial charge >= 0.3 is 5.97 Å². The largest absolute Gasteiger partial charge is 0.469 e. The van der Waals surface area contributed by atoms with Crippen LogP contribution in [0.5, 0.6) is 0 Å². The topological polar surface area (TPSA) is 38.3 Å². The molecule has 1 aliphatic heterocycles. The van der Waals surface area contributed by atoms with Crippen molar-refractivity contribution >= 4 is 17.7 Å². The molecule has 1 heterocycles. The van der Waals surface area contributed by atoms with E-state index in [2.05, 4.69) is 10.1 Å². The van der Waals surface area contributed by atoms with Crippen LogP contribution < -0.4 is 5.32 Å². The maximum atomic E-state index is 10.8. The highest BCUT2D eigenvalue weighted by Gasteiger charge is 2.12. The van der Waals surface area contributed by atoms with E-state index in [1.807, 2.05) is 11.8 Å². The van der Waals surface area contributed by atoms with E-state index in [1.54, 1.807) is 0 Å². The van der Waals surface area contributed by atoms with Gasteiger partial charge in [0.05, 0.1) is 13.5 Å². The van der Waals surface area contributed by atoms with Crippen LogP contribution in [0.3, 0.4) is 0 Å². The third-order valence-corrected chi connectivity index (χ3v) is 3.54. The highest BCUT2D eigenvalue weighted by molar-refractivity contribution is 7.99. The molecule has 82 valence electrons. The van der Waals surface area contributed by atoms with Crippen molar-refractivity contribution in [2.24, 2.45) is 0 Å². The first-order chi connectivity index (χ1) is 6.83. The fourth-order valence-corrected chi connectivity index (χ4v) is 2.60. The van der Waals surface area contributed by atoms with E-state index in [4.69, 9.17) is 0 Å². The van der Waals surface area contributed by atoms with Crippen LogP contribution in [0.25, 0.3) is 0 Å². The van der Waals surface area contributed by atoms with Crippen LogP contribution in [-0.4, -0.2) is 37.2 Å². The Morgan fingerprint density at radius 3 is 3.07 bits per heavy atom. The van der Waals surface area contributed by atoms with E-state index >= 15 is 0 Å². The second kappa shape index (κ2) is 7.12. The van der Waals surface area contributed by atoms with Gasteiger partial charge in [-0.25, -0.2) is 0 Å². The summed E-state index contributed by atoms with van der Waals surface area (Å²) in [5, 5.41) is 3.48. The van der Waals surface area contributed by atoms with E-state index < -0.39 is 0 Å². The molecule has 1 saturated heterocycles. The van der Waals surface area contributed by atoms with Crippen molar-refractivity contribution in [3.63, 3.8) is 0 Å². The van der Waals surface area contributed by atoms with Crippen LogP contribution in [0.1, 0.15) is 25.7 Å². The summed E-state index contributed by atoms with van der Waals surface area (Å²) < 4.78 is 4.57. The van der Waals surface area contributed by atoms with Crippen molar-refractivity contribution in [1.29, 1.82) is 0 Å². The molecule has 1 atom stereocenters. The van der Waals surface area contributed by atoms with E-state index in [9.17, 15) is 4.79 Å². The van der Waals surface area contributed by atoms with Gasteiger partial charge in [-0.15, -0.1) is 0 Å². The summed E-state index contributed by atoms with van der Waals surface area (Å²) in [6, 6.07) is 0.659. The first-order valence-electron chi connectivity index (χ1n) is 5.21. The van der Waals surface area contributed by atoms with E-state index in [0.29, 0.717) is 12.5 Å². The fraction of sp³-hybridized carbons (Fsp3) is 0.900. The maximum absolute atomic E-state index is 10.8. The Morgan fingerprint density at radius 2 is 2.43 bits per heavy atom. The van der Waals surface area contributed by atoms with Gasteiger partial charge in [-0.2, -0.15) is 11.8 Å². The molecule has 3 nitrogen and oxygen atoms in total. The SMILES string of the molecule is COC(=O)CCSCC1CCCCN1. The van der Waals surface area contributed by atoms with Crippen LogP contribution in [0, 0.1) is 0 Å². The molecule has 1 N–H and O–H groups in total. The maximum Gasteiger partial charge on any atom is 0.306 e. The van der Waals surface area contributed by atoms with Gasteiger partial charge in [0.25, 0.3) is 0 Å². The van der Waals surface area contributed by atoms with E-state index in [0.717, 1.165) is 18.1 Å². The number of rotatable bonds is 5. The number of methoxy groups -OCH3 is 1. The fourth-order valence-electron chi connectivity index (χ4n) is 1.55. The number of piperidine rings is 1. The summed E-state index contributed by atoms with van der Waals surface area (Å²) in [6.07, 6.45) is 4.47. The van der Waals surface area contributed by atoms with E-state index in [-0.39, 0.29) is 5.97 Å². The number of carbonyl (C=O) groups is 1. The monoisotopic (exact) mass is 217 g/mol. The normalized spacial score (nSPS) is 21.9. The van der Waals surface area contributed by atoms with Gasteiger partial charge in [0.2, 0.25) is 0 Å². The van der Waals surface area contributed by atoms with Crippen LogP contribution in [-0.2, 0) is 9.53 Å². The minimum absolute atomic E-state index is 0.103. The lowest BCUT2D eigenvalue weighted by atomic mass is 10.1. The molecule has 1 unspecified atom stereocenters. The Balaban J connectivity index is 1.94. The zero-order valence-corrected chi connectivity index (χ0v) is 9.57. The van der Waals surface area contributed by atoms with Crippen molar-refractivity contribution < 1.29 is 9.53 Å². The summed E-state index contributed by atoms with van der Waals surface area (Å²) in [5.41, 5.74) is 0. The molecule has 1 aliphatic rings. The van der Waals surface area contributed by atoms with Crippen LogP contribution >= 0.6 is 11.8 Å². The summed E-state index contributed by atoms with van der Waals surface area (Å²) in [4.78, 5) is 10.8. The molecule has 0 aromatic rings. The standard InChI is InChI=1S/C10H19NO2S/c1-13-10(12)5-7-14-8-9-4-2-3-6-11-9/h9,11H,2-8H2,1H3. The number of thioether (sulfide) groups is 1. The number of carbonyl (C=O) groups excluding carboxylic acids is 1. The molecule has 0 radical (unpaired) electrons. The molecule has 0 aromatic heterocycles. The van der Waals surface area contributed by atoms with Crippen LogP contribution in [0.2, 0.25) is 0 Å². The lowest BCUT2D eigenvalue weighted by molar-refractivity contribution is -0.140. The van der Waals surface area contributed by atoms with Gasteiger partial charge in [-0.1, -0.05) is 6.42 Å². The molecule has 0 saturated carbocycles. The predicted molar refractivity (Wildman–Crippen MR) is 59.6 cm³/mol. The van der Waals surface area contributed by atoms with E-state index in [1.165, 1.54) is 26.4 Å². The minimum Gasteiger partial charge on any atom is -0.469 e. The third kappa shape index (κ3) is 4.86. The van der Waals surface area contributed by atoms with Crippen LogP contribution in [0.4, 0.5) is 0 Å². The number of hydrogen-bond donors (Lipinski definition) is 1. The van der Waals surface area contributed by atoms with Gasteiger partial charge < -0.3 is 10.1 Å². The minimum atomic E-state index is -0.103. The number of esters is 1. The van der Waals surface area contributed by atoms with Crippen molar-refractivity contribution in [2.75, 3.05) is 25.2 Å². The Labute approximate surface area is 90.0 Å². The predicted octanol–water partition coefficient (Wildman–Crippen LogP) is 1.42. The Bertz CT molecular complexity index is 170. The van der Waals surface area contributed by atoms with Crippen molar-refractivity contribution in [3.8, 4) is 0 Å².